The van der Waals surface area contributed by atoms with Gasteiger partial charge in [0.2, 0.25) is 5.91 Å². The van der Waals surface area contributed by atoms with E-state index in [9.17, 15) is 9.90 Å². The van der Waals surface area contributed by atoms with Gasteiger partial charge in [-0.15, -0.1) is 0 Å². The zero-order chi connectivity index (χ0) is 20.4. The van der Waals surface area contributed by atoms with Crippen molar-refractivity contribution in [1.82, 2.24) is 19.4 Å². The number of aromatic nitrogens is 2. The molecule has 0 bridgehead atoms. The number of likely N-dealkylation sites (tertiary alicyclic amines) is 1. The Hall–Kier alpha value is -2.18. The van der Waals surface area contributed by atoms with Crippen LogP contribution in [0.3, 0.4) is 0 Å². The van der Waals surface area contributed by atoms with E-state index in [0.717, 1.165) is 45.2 Å². The van der Waals surface area contributed by atoms with Crippen molar-refractivity contribution in [3.05, 3.63) is 53.6 Å². The van der Waals surface area contributed by atoms with Crippen LogP contribution in [-0.4, -0.2) is 57.0 Å². The molecule has 1 aliphatic carbocycles. The van der Waals surface area contributed by atoms with Gasteiger partial charge >= 0.3 is 0 Å². The number of amides is 1. The van der Waals surface area contributed by atoms with Crippen LogP contribution in [0, 0.1) is 5.92 Å². The van der Waals surface area contributed by atoms with E-state index in [4.69, 9.17) is 0 Å². The van der Waals surface area contributed by atoms with Gasteiger partial charge in [-0.2, -0.15) is 0 Å². The average Bonchev–Trinajstić information content (AvgIpc) is 3.18. The number of hydrogen-bond donors (Lipinski definition) is 1. The number of aryl methyl sites for hydroxylation is 2. The van der Waals surface area contributed by atoms with Gasteiger partial charge in [-0.3, -0.25) is 9.69 Å². The van der Waals surface area contributed by atoms with E-state index in [1.54, 1.807) is 6.20 Å². The minimum atomic E-state index is -0.587. The minimum Gasteiger partial charge on any atom is -0.385 e. The van der Waals surface area contributed by atoms with E-state index in [1.807, 2.05) is 29.8 Å². The molecule has 0 unspecified atom stereocenters. The largest absolute Gasteiger partial charge is 0.385 e. The van der Waals surface area contributed by atoms with E-state index in [0.29, 0.717) is 12.4 Å². The molecule has 3 atom stereocenters. The van der Waals surface area contributed by atoms with E-state index < -0.39 is 6.10 Å². The molecule has 1 saturated heterocycles. The van der Waals surface area contributed by atoms with E-state index in [1.165, 1.54) is 11.1 Å². The maximum absolute atomic E-state index is 13.1. The highest BCUT2D eigenvalue weighted by molar-refractivity contribution is 5.78. The molecule has 4 rings (SSSR count). The summed E-state index contributed by atoms with van der Waals surface area (Å²) in [6, 6.07) is 8.69. The highest BCUT2D eigenvalue weighted by atomic mass is 16.3. The number of piperidine rings is 1. The van der Waals surface area contributed by atoms with Gasteiger partial charge in [0, 0.05) is 39.0 Å². The molecule has 2 aromatic rings. The van der Waals surface area contributed by atoms with Crippen LogP contribution in [0.1, 0.15) is 54.8 Å². The number of carbonyl (C=O) groups excluding carboxylic acids is 1. The summed E-state index contributed by atoms with van der Waals surface area (Å²) in [6.45, 7) is 2.05. The number of nitrogens with zero attached hydrogens (tertiary/aromatic N) is 4. The summed E-state index contributed by atoms with van der Waals surface area (Å²) >= 11 is 0. The Balaban J connectivity index is 1.39. The molecule has 1 aromatic carbocycles. The van der Waals surface area contributed by atoms with Gasteiger partial charge in [0.1, 0.15) is 11.9 Å². The van der Waals surface area contributed by atoms with Gasteiger partial charge in [-0.05, 0) is 49.8 Å². The van der Waals surface area contributed by atoms with Crippen molar-refractivity contribution < 1.29 is 9.90 Å². The lowest BCUT2D eigenvalue weighted by Crippen LogP contribution is -2.45. The third-order valence-electron chi connectivity index (χ3n) is 6.67. The smallest absolute Gasteiger partial charge is 0.237 e. The monoisotopic (exact) mass is 396 g/mol. The number of fused-ring (bicyclic) bond motifs is 1. The maximum Gasteiger partial charge on any atom is 0.237 e. The molecule has 0 saturated carbocycles. The van der Waals surface area contributed by atoms with Gasteiger partial charge in [0.05, 0.1) is 12.6 Å². The molecule has 6 nitrogen and oxygen atoms in total. The molecule has 1 aliphatic heterocycles. The Morgan fingerprint density at radius 2 is 2.14 bits per heavy atom. The highest BCUT2D eigenvalue weighted by Gasteiger charge is 2.32. The Morgan fingerprint density at radius 1 is 1.31 bits per heavy atom. The Kier molecular flexibility index (Phi) is 6.01. The van der Waals surface area contributed by atoms with Crippen LogP contribution in [0.5, 0.6) is 0 Å². The van der Waals surface area contributed by atoms with Crippen LogP contribution < -0.4 is 0 Å². The summed E-state index contributed by atoms with van der Waals surface area (Å²) in [5.74, 6) is 0.983. The Morgan fingerprint density at radius 3 is 2.93 bits per heavy atom. The molecule has 1 amide bonds. The van der Waals surface area contributed by atoms with Gasteiger partial charge in [-0.25, -0.2) is 4.98 Å². The number of benzene rings is 1. The molecule has 6 heteroatoms. The molecule has 2 aliphatic rings. The second-order valence-electron chi connectivity index (χ2n) is 8.59. The Labute approximate surface area is 173 Å². The topological polar surface area (TPSA) is 61.6 Å². The highest BCUT2D eigenvalue weighted by Crippen LogP contribution is 2.34. The second-order valence-corrected chi connectivity index (χ2v) is 8.59. The third kappa shape index (κ3) is 4.23. The normalized spacial score (nSPS) is 23.4. The first-order chi connectivity index (χ1) is 14.0. The number of aliphatic hydroxyl groups excluding tert-OH is 1. The molecule has 29 heavy (non-hydrogen) atoms. The number of imidazole rings is 1. The van der Waals surface area contributed by atoms with Crippen molar-refractivity contribution in [3.63, 3.8) is 0 Å². The summed E-state index contributed by atoms with van der Waals surface area (Å²) < 4.78 is 1.88. The molecular formula is C23H32N4O2. The van der Waals surface area contributed by atoms with Crippen molar-refractivity contribution in [2.75, 3.05) is 26.7 Å². The SMILES string of the molecule is CN(C(=O)CN1CCC[C@H]([C@H](O)c2nccn2C)C1)[C@@H]1CCCc2ccccc21. The zero-order valence-electron chi connectivity index (χ0n) is 17.5. The molecule has 156 valence electrons. The standard InChI is InChI=1S/C23H32N4O2/c1-25-14-12-24-23(25)22(29)18-9-6-13-27(15-18)16-21(28)26(2)20-11-5-8-17-7-3-4-10-19(17)20/h3-4,7,10,12,14,18,20,22,29H,5-6,8-9,11,13,15-16H2,1-2H3/t18-,20+,22-/m0/s1. The van der Waals surface area contributed by atoms with Crippen molar-refractivity contribution in [2.45, 2.75) is 44.2 Å². The fourth-order valence-electron chi connectivity index (χ4n) is 4.97. The van der Waals surface area contributed by atoms with Crippen molar-refractivity contribution in [2.24, 2.45) is 13.0 Å². The minimum absolute atomic E-state index is 0.110. The number of likely N-dealkylation sites (N-methyl/N-ethyl adjacent to an activating group) is 1. The predicted molar refractivity (Wildman–Crippen MR) is 112 cm³/mol. The second kappa shape index (κ2) is 8.67. The van der Waals surface area contributed by atoms with E-state index in [2.05, 4.69) is 34.1 Å². The van der Waals surface area contributed by atoms with Crippen LogP contribution in [0.2, 0.25) is 0 Å². The molecule has 0 spiro atoms. The molecular weight excluding hydrogens is 364 g/mol. The fourth-order valence-corrected chi connectivity index (χ4v) is 4.97. The van der Waals surface area contributed by atoms with Crippen LogP contribution in [0.4, 0.5) is 0 Å². The van der Waals surface area contributed by atoms with E-state index >= 15 is 0 Å². The quantitative estimate of drug-likeness (QED) is 0.844. The van der Waals surface area contributed by atoms with Crippen molar-refractivity contribution in [3.8, 4) is 0 Å². The number of carbonyl (C=O) groups is 1. The van der Waals surface area contributed by atoms with E-state index in [-0.39, 0.29) is 17.9 Å². The fraction of sp³-hybridized carbons (Fsp3) is 0.565. The molecule has 2 heterocycles. The van der Waals surface area contributed by atoms with Crippen LogP contribution in [-0.2, 0) is 18.3 Å². The van der Waals surface area contributed by atoms with Gasteiger partial charge in [0.15, 0.2) is 0 Å². The predicted octanol–water partition coefficient (Wildman–Crippen LogP) is 2.70. The summed E-state index contributed by atoms with van der Waals surface area (Å²) in [7, 11) is 3.85. The van der Waals surface area contributed by atoms with Crippen LogP contribution in [0.15, 0.2) is 36.7 Å². The molecule has 1 fully saturated rings. The molecule has 0 radical (unpaired) electrons. The number of hydrogen-bond acceptors (Lipinski definition) is 4. The Bertz CT molecular complexity index is 849. The van der Waals surface area contributed by atoms with Gasteiger partial charge < -0.3 is 14.6 Å². The first kappa shape index (κ1) is 20.1. The van der Waals surface area contributed by atoms with Crippen molar-refractivity contribution in [1.29, 1.82) is 0 Å². The lowest BCUT2D eigenvalue weighted by molar-refractivity contribution is -0.134. The summed E-state index contributed by atoms with van der Waals surface area (Å²) in [4.78, 5) is 21.5. The number of aliphatic hydroxyl groups is 1. The summed E-state index contributed by atoms with van der Waals surface area (Å²) in [5, 5.41) is 10.8. The maximum atomic E-state index is 13.1. The summed E-state index contributed by atoms with van der Waals surface area (Å²) in [6.07, 6.45) is 8.21. The average molecular weight is 397 g/mol. The van der Waals surface area contributed by atoms with Crippen LogP contribution >= 0.6 is 0 Å². The van der Waals surface area contributed by atoms with Gasteiger partial charge in [-0.1, -0.05) is 24.3 Å². The summed E-state index contributed by atoms with van der Waals surface area (Å²) in [5.41, 5.74) is 2.68. The molecule has 1 aromatic heterocycles. The zero-order valence-corrected chi connectivity index (χ0v) is 17.5. The molecule has 1 N–H and O–H groups in total. The van der Waals surface area contributed by atoms with Crippen LogP contribution in [0.25, 0.3) is 0 Å². The van der Waals surface area contributed by atoms with Gasteiger partial charge in [0.25, 0.3) is 0 Å². The first-order valence-electron chi connectivity index (χ1n) is 10.8. The lowest BCUT2D eigenvalue weighted by atomic mass is 9.87. The third-order valence-corrected chi connectivity index (χ3v) is 6.67. The number of rotatable bonds is 5. The first-order valence-corrected chi connectivity index (χ1v) is 10.8. The van der Waals surface area contributed by atoms with Crippen molar-refractivity contribution >= 4 is 5.91 Å². The lowest BCUT2D eigenvalue weighted by Gasteiger charge is -2.37.